The molecule has 1 rings (SSSR count). The Morgan fingerprint density at radius 2 is 1.64 bits per heavy atom. The van der Waals surface area contributed by atoms with Crippen molar-refractivity contribution in [1.29, 1.82) is 0 Å². The van der Waals surface area contributed by atoms with Crippen LogP contribution in [0.5, 0.6) is 0 Å². The fourth-order valence-electron chi connectivity index (χ4n) is 2.06. The normalized spacial score (nSPS) is 14.3. The summed E-state index contributed by atoms with van der Waals surface area (Å²) in [5.41, 5.74) is -0.538. The molecule has 0 bridgehead atoms. The van der Waals surface area contributed by atoms with Crippen LogP contribution >= 0.6 is 0 Å². The van der Waals surface area contributed by atoms with E-state index in [1.165, 1.54) is 25.1 Å². The summed E-state index contributed by atoms with van der Waals surface area (Å²) in [6.45, 7) is 1.43. The highest BCUT2D eigenvalue weighted by molar-refractivity contribution is 5.91. The lowest BCUT2D eigenvalue weighted by Gasteiger charge is -2.31. The van der Waals surface area contributed by atoms with E-state index in [2.05, 4.69) is 4.74 Å². The SMILES string of the molecule is CCOC(=O)c1ccccc1C(CC(F)(F)C(F)(F)C(F)(F)F)OC. The van der Waals surface area contributed by atoms with Gasteiger partial charge in [0, 0.05) is 13.5 Å². The van der Waals surface area contributed by atoms with E-state index in [1.54, 1.807) is 0 Å². The van der Waals surface area contributed by atoms with Crippen LogP contribution in [0.1, 0.15) is 35.4 Å². The van der Waals surface area contributed by atoms with Gasteiger partial charge < -0.3 is 9.47 Å². The number of methoxy groups -OCH3 is 1. The Labute approximate surface area is 138 Å². The summed E-state index contributed by atoms with van der Waals surface area (Å²) in [6.07, 6.45) is -10.3. The molecule has 0 heterocycles. The first-order valence-corrected chi connectivity index (χ1v) is 7.00. The van der Waals surface area contributed by atoms with Crippen molar-refractivity contribution < 1.29 is 45.0 Å². The van der Waals surface area contributed by atoms with Crippen molar-refractivity contribution in [3.63, 3.8) is 0 Å². The Balaban J connectivity index is 3.23. The molecule has 25 heavy (non-hydrogen) atoms. The van der Waals surface area contributed by atoms with Crippen LogP contribution in [-0.2, 0) is 9.47 Å². The fourth-order valence-corrected chi connectivity index (χ4v) is 2.06. The highest BCUT2D eigenvalue weighted by Gasteiger charge is 2.73. The molecule has 0 aliphatic heterocycles. The third-order valence-electron chi connectivity index (χ3n) is 3.34. The molecule has 1 aromatic carbocycles. The number of alkyl halides is 7. The number of esters is 1. The van der Waals surface area contributed by atoms with E-state index in [9.17, 15) is 35.5 Å². The van der Waals surface area contributed by atoms with E-state index in [4.69, 9.17) is 4.74 Å². The van der Waals surface area contributed by atoms with Crippen LogP contribution in [0.25, 0.3) is 0 Å². The predicted octanol–water partition coefficient (Wildman–Crippen LogP) is 4.77. The van der Waals surface area contributed by atoms with Crippen molar-refractivity contribution in [3.05, 3.63) is 35.4 Å². The zero-order valence-corrected chi connectivity index (χ0v) is 13.2. The van der Waals surface area contributed by atoms with Crippen molar-refractivity contribution in [2.75, 3.05) is 13.7 Å². The lowest BCUT2D eigenvalue weighted by Crippen LogP contribution is -2.52. The second-order valence-corrected chi connectivity index (χ2v) is 5.01. The van der Waals surface area contributed by atoms with Crippen molar-refractivity contribution >= 4 is 5.97 Å². The first-order chi connectivity index (χ1) is 11.4. The number of hydrogen-bond donors (Lipinski definition) is 0. The molecule has 1 aromatic rings. The van der Waals surface area contributed by atoms with Gasteiger partial charge in [-0.1, -0.05) is 18.2 Å². The molecular weight excluding hydrogens is 361 g/mol. The van der Waals surface area contributed by atoms with Crippen LogP contribution in [0, 0.1) is 0 Å². The Morgan fingerprint density at radius 3 is 2.12 bits per heavy atom. The molecule has 1 unspecified atom stereocenters. The zero-order valence-electron chi connectivity index (χ0n) is 13.2. The lowest BCUT2D eigenvalue weighted by atomic mass is 9.95. The molecule has 1 atom stereocenters. The van der Waals surface area contributed by atoms with E-state index in [1.807, 2.05) is 0 Å². The van der Waals surface area contributed by atoms with Crippen LogP contribution in [0.3, 0.4) is 0 Å². The van der Waals surface area contributed by atoms with E-state index in [-0.39, 0.29) is 17.7 Å². The van der Waals surface area contributed by atoms with E-state index in [0.29, 0.717) is 0 Å². The van der Waals surface area contributed by atoms with E-state index >= 15 is 0 Å². The third-order valence-corrected chi connectivity index (χ3v) is 3.34. The summed E-state index contributed by atoms with van der Waals surface area (Å²) >= 11 is 0. The first-order valence-electron chi connectivity index (χ1n) is 7.00. The molecule has 142 valence electrons. The number of ether oxygens (including phenoxy) is 2. The lowest BCUT2D eigenvalue weighted by molar-refractivity contribution is -0.358. The molecule has 0 saturated heterocycles. The Hall–Kier alpha value is -1.84. The van der Waals surface area contributed by atoms with E-state index in [0.717, 1.165) is 13.2 Å². The number of hydrogen-bond acceptors (Lipinski definition) is 3. The number of rotatable bonds is 7. The Morgan fingerprint density at radius 1 is 1.08 bits per heavy atom. The number of carbonyl (C=O) groups excluding carboxylic acids is 1. The molecule has 0 spiro atoms. The highest BCUT2D eigenvalue weighted by Crippen LogP contribution is 2.50. The molecule has 3 nitrogen and oxygen atoms in total. The number of halogens is 7. The van der Waals surface area contributed by atoms with Gasteiger partial charge in [-0.2, -0.15) is 30.7 Å². The van der Waals surface area contributed by atoms with Crippen molar-refractivity contribution in [3.8, 4) is 0 Å². The van der Waals surface area contributed by atoms with Gasteiger partial charge in [0.25, 0.3) is 0 Å². The minimum absolute atomic E-state index is 0.0485. The molecule has 0 aliphatic rings. The van der Waals surface area contributed by atoms with Gasteiger partial charge in [0.2, 0.25) is 0 Å². The molecule has 0 radical (unpaired) electrons. The second kappa shape index (κ2) is 7.59. The second-order valence-electron chi connectivity index (χ2n) is 5.01. The minimum Gasteiger partial charge on any atom is -0.462 e. The maximum atomic E-state index is 13.6. The van der Waals surface area contributed by atoms with E-state index < -0.39 is 36.5 Å². The topological polar surface area (TPSA) is 35.5 Å². The molecular formula is C15H15F7O3. The van der Waals surface area contributed by atoms with Crippen LogP contribution in [0.4, 0.5) is 30.7 Å². The molecule has 0 aromatic heterocycles. The predicted molar refractivity (Wildman–Crippen MR) is 72.7 cm³/mol. The minimum atomic E-state index is -6.44. The van der Waals surface area contributed by atoms with Crippen molar-refractivity contribution in [2.45, 2.75) is 37.5 Å². The Bertz CT molecular complexity index is 599. The molecule has 0 amide bonds. The van der Waals surface area contributed by atoms with Gasteiger partial charge in [-0.25, -0.2) is 4.79 Å². The smallest absolute Gasteiger partial charge is 0.459 e. The summed E-state index contributed by atoms with van der Waals surface area (Å²) in [4.78, 5) is 11.8. The number of carbonyl (C=O) groups is 1. The number of benzene rings is 1. The van der Waals surface area contributed by atoms with Gasteiger partial charge >= 0.3 is 24.0 Å². The monoisotopic (exact) mass is 376 g/mol. The molecule has 0 saturated carbocycles. The van der Waals surface area contributed by atoms with Gasteiger partial charge in [-0.05, 0) is 18.6 Å². The maximum absolute atomic E-state index is 13.6. The van der Waals surface area contributed by atoms with Crippen LogP contribution in [-0.4, -0.2) is 37.7 Å². The summed E-state index contributed by atoms with van der Waals surface area (Å²) in [6, 6.07) is 4.93. The zero-order chi connectivity index (χ0) is 19.5. The third kappa shape index (κ3) is 4.42. The molecule has 10 heteroatoms. The average Bonchev–Trinajstić information content (AvgIpc) is 2.51. The largest absolute Gasteiger partial charge is 0.462 e. The van der Waals surface area contributed by atoms with Crippen molar-refractivity contribution in [1.82, 2.24) is 0 Å². The maximum Gasteiger partial charge on any atom is 0.459 e. The Kier molecular flexibility index (Phi) is 6.44. The summed E-state index contributed by atoms with van der Waals surface area (Å²) in [7, 11) is 0.856. The van der Waals surface area contributed by atoms with Gasteiger partial charge in [-0.15, -0.1) is 0 Å². The van der Waals surface area contributed by atoms with Gasteiger partial charge in [0.05, 0.1) is 18.3 Å². The van der Waals surface area contributed by atoms with Crippen LogP contribution in [0.15, 0.2) is 24.3 Å². The average molecular weight is 376 g/mol. The van der Waals surface area contributed by atoms with Crippen LogP contribution < -0.4 is 0 Å². The summed E-state index contributed by atoms with van der Waals surface area (Å²) in [5.74, 6) is -12.6. The van der Waals surface area contributed by atoms with Gasteiger partial charge in [0.15, 0.2) is 0 Å². The first kappa shape index (κ1) is 21.2. The quantitative estimate of drug-likeness (QED) is 0.508. The van der Waals surface area contributed by atoms with Gasteiger partial charge in [-0.3, -0.25) is 0 Å². The molecule has 0 aliphatic carbocycles. The van der Waals surface area contributed by atoms with Gasteiger partial charge in [0.1, 0.15) is 0 Å². The fraction of sp³-hybridized carbons (Fsp3) is 0.533. The molecule has 0 N–H and O–H groups in total. The summed E-state index contributed by atoms with van der Waals surface area (Å²) in [5, 5.41) is 0. The molecule has 0 fully saturated rings. The summed E-state index contributed by atoms with van der Waals surface area (Å²) < 4.78 is 99.5. The van der Waals surface area contributed by atoms with Crippen LogP contribution in [0.2, 0.25) is 0 Å². The standard InChI is InChI=1S/C15H15F7O3/c1-3-25-12(23)10-7-5-4-6-9(10)11(24-2)8-13(16,17)14(18,19)15(20,21)22/h4-7,11H,3,8H2,1-2H3. The van der Waals surface area contributed by atoms with Crippen molar-refractivity contribution in [2.24, 2.45) is 0 Å². The highest BCUT2D eigenvalue weighted by atomic mass is 19.4.